The Morgan fingerprint density at radius 2 is 1.29 bits per heavy atom. The molecule has 1 aromatic heterocycles. The van der Waals surface area contributed by atoms with E-state index in [2.05, 4.69) is 4.98 Å². The Hall–Kier alpha value is -3.43. The Labute approximate surface area is 201 Å². The van der Waals surface area contributed by atoms with Crippen molar-refractivity contribution in [1.29, 1.82) is 0 Å². The number of aldehydes is 2. The van der Waals surface area contributed by atoms with Gasteiger partial charge in [-0.1, -0.05) is 56.3 Å². The zero-order chi connectivity index (χ0) is 24.4. The smallest absolute Gasteiger partial charge is 0.234 e. The summed E-state index contributed by atoms with van der Waals surface area (Å²) in [7, 11) is 0. The summed E-state index contributed by atoms with van der Waals surface area (Å²) in [6.45, 7) is 6.58. The van der Waals surface area contributed by atoms with Crippen LogP contribution in [0, 0.1) is 0 Å². The fourth-order valence-electron chi connectivity index (χ4n) is 2.87. The third-order valence-corrected chi connectivity index (χ3v) is 4.48. The summed E-state index contributed by atoms with van der Waals surface area (Å²) in [5.41, 5.74) is 0.836. The summed E-state index contributed by atoms with van der Waals surface area (Å²) < 4.78 is 11.5. The quantitative estimate of drug-likeness (QED) is 0.150. The second-order valence-corrected chi connectivity index (χ2v) is 7.27. The molecule has 0 aliphatic heterocycles. The van der Waals surface area contributed by atoms with E-state index in [0.717, 1.165) is 18.4 Å². The van der Waals surface area contributed by atoms with Crippen LogP contribution in [0.15, 0.2) is 54.6 Å². The number of allylic oxidation sites excluding steroid dienone is 2. The highest BCUT2D eigenvalue weighted by Crippen LogP contribution is 2.22. The SMILES string of the molecule is CCCOCN(COCCC)c1nc(-c2ccccc2)nc(N(C/C=C/C=O)C/C=C/C=O)n1. The standard InChI is InChI=1S/C25H33N5O4/c1-3-18-33-20-30(21-34-19-4-2)25-27-23(22-12-6-5-7-13-22)26-24(28-25)29(14-8-10-16-31)15-9-11-17-32/h5-13,16-17H,3-4,14-15,18-21H2,1-2H3/b10-8+,11-9+. The number of hydrogen-bond donors (Lipinski definition) is 0. The van der Waals surface area contributed by atoms with Crippen molar-refractivity contribution in [3.63, 3.8) is 0 Å². The number of nitrogens with zero attached hydrogens (tertiary/aromatic N) is 5. The van der Waals surface area contributed by atoms with Crippen molar-refractivity contribution in [1.82, 2.24) is 15.0 Å². The minimum atomic E-state index is 0.269. The molecular formula is C25H33N5O4. The highest BCUT2D eigenvalue weighted by atomic mass is 16.5. The van der Waals surface area contributed by atoms with Crippen LogP contribution >= 0.6 is 0 Å². The van der Waals surface area contributed by atoms with E-state index < -0.39 is 0 Å². The van der Waals surface area contributed by atoms with Crippen LogP contribution in [0.5, 0.6) is 0 Å². The fourth-order valence-corrected chi connectivity index (χ4v) is 2.87. The first-order chi connectivity index (χ1) is 16.7. The number of carbonyl (C=O) groups excluding carboxylic acids is 2. The van der Waals surface area contributed by atoms with Crippen LogP contribution in [0.2, 0.25) is 0 Å². The van der Waals surface area contributed by atoms with Crippen LogP contribution in [0.1, 0.15) is 26.7 Å². The van der Waals surface area contributed by atoms with E-state index in [1.54, 1.807) is 12.2 Å². The molecule has 1 heterocycles. The fraction of sp³-hybridized carbons (Fsp3) is 0.400. The van der Waals surface area contributed by atoms with Gasteiger partial charge in [0.25, 0.3) is 0 Å². The lowest BCUT2D eigenvalue weighted by Crippen LogP contribution is -2.33. The van der Waals surface area contributed by atoms with Crippen LogP contribution in [0.3, 0.4) is 0 Å². The van der Waals surface area contributed by atoms with Crippen LogP contribution in [0.25, 0.3) is 11.4 Å². The van der Waals surface area contributed by atoms with Gasteiger partial charge in [-0.15, -0.1) is 0 Å². The van der Waals surface area contributed by atoms with Gasteiger partial charge in [-0.25, -0.2) is 0 Å². The van der Waals surface area contributed by atoms with Crippen LogP contribution in [-0.4, -0.2) is 67.3 Å². The van der Waals surface area contributed by atoms with Crippen molar-refractivity contribution in [3.8, 4) is 11.4 Å². The molecule has 0 saturated carbocycles. The summed E-state index contributed by atoms with van der Waals surface area (Å²) in [5.74, 6) is 1.33. The van der Waals surface area contributed by atoms with Gasteiger partial charge in [0.2, 0.25) is 11.9 Å². The zero-order valence-corrected chi connectivity index (χ0v) is 19.9. The number of carbonyl (C=O) groups is 2. The highest BCUT2D eigenvalue weighted by Gasteiger charge is 2.18. The summed E-state index contributed by atoms with van der Waals surface area (Å²) in [4.78, 5) is 39.3. The number of aromatic nitrogens is 3. The van der Waals surface area contributed by atoms with Gasteiger partial charge in [0.15, 0.2) is 5.82 Å². The van der Waals surface area contributed by atoms with E-state index in [9.17, 15) is 9.59 Å². The minimum absolute atomic E-state index is 0.269. The molecular weight excluding hydrogens is 434 g/mol. The largest absolute Gasteiger partial charge is 0.361 e. The monoisotopic (exact) mass is 467 g/mol. The maximum absolute atomic E-state index is 10.8. The van der Waals surface area contributed by atoms with E-state index in [0.29, 0.717) is 56.6 Å². The average Bonchev–Trinajstić information content (AvgIpc) is 2.87. The Morgan fingerprint density at radius 1 is 0.765 bits per heavy atom. The number of anilines is 2. The molecule has 0 amide bonds. The molecule has 182 valence electrons. The van der Waals surface area contributed by atoms with Gasteiger partial charge in [-0.05, 0) is 25.0 Å². The lowest BCUT2D eigenvalue weighted by Gasteiger charge is -2.25. The van der Waals surface area contributed by atoms with Gasteiger partial charge in [-0.2, -0.15) is 15.0 Å². The van der Waals surface area contributed by atoms with E-state index in [1.807, 2.05) is 54.0 Å². The van der Waals surface area contributed by atoms with Gasteiger partial charge in [0, 0.05) is 31.9 Å². The molecule has 9 heteroatoms. The molecule has 0 radical (unpaired) electrons. The van der Waals surface area contributed by atoms with Gasteiger partial charge < -0.3 is 14.4 Å². The first kappa shape index (κ1) is 26.8. The first-order valence-electron chi connectivity index (χ1n) is 11.4. The van der Waals surface area contributed by atoms with E-state index >= 15 is 0 Å². The van der Waals surface area contributed by atoms with Crippen molar-refractivity contribution in [2.75, 3.05) is 49.6 Å². The van der Waals surface area contributed by atoms with Crippen molar-refractivity contribution in [2.24, 2.45) is 0 Å². The predicted molar refractivity (Wildman–Crippen MR) is 133 cm³/mol. The molecule has 0 unspecified atom stereocenters. The number of benzene rings is 1. The normalized spacial score (nSPS) is 11.2. The molecule has 0 N–H and O–H groups in total. The molecule has 0 aliphatic rings. The maximum atomic E-state index is 10.8. The van der Waals surface area contributed by atoms with E-state index in [1.165, 1.54) is 12.2 Å². The van der Waals surface area contributed by atoms with Gasteiger partial charge in [0.05, 0.1) is 0 Å². The second kappa shape index (κ2) is 16.2. The molecule has 2 rings (SSSR count). The molecule has 0 aliphatic carbocycles. The molecule has 9 nitrogen and oxygen atoms in total. The Kier molecular flexibility index (Phi) is 12.8. The highest BCUT2D eigenvalue weighted by molar-refractivity contribution is 5.65. The van der Waals surface area contributed by atoms with Crippen molar-refractivity contribution in [3.05, 3.63) is 54.6 Å². The Morgan fingerprint density at radius 3 is 1.79 bits per heavy atom. The molecule has 0 spiro atoms. The summed E-state index contributed by atoms with van der Waals surface area (Å²) in [6, 6.07) is 9.62. The molecule has 1 aromatic carbocycles. The van der Waals surface area contributed by atoms with Gasteiger partial charge >= 0.3 is 0 Å². The van der Waals surface area contributed by atoms with Crippen LogP contribution in [0.4, 0.5) is 11.9 Å². The molecule has 0 saturated heterocycles. The topological polar surface area (TPSA) is 97.8 Å². The van der Waals surface area contributed by atoms with Crippen LogP contribution in [-0.2, 0) is 19.1 Å². The van der Waals surface area contributed by atoms with Crippen molar-refractivity contribution >= 4 is 24.5 Å². The molecule has 0 atom stereocenters. The Balaban J connectivity index is 2.50. The minimum Gasteiger partial charge on any atom is -0.361 e. The lowest BCUT2D eigenvalue weighted by atomic mass is 10.2. The van der Waals surface area contributed by atoms with E-state index in [-0.39, 0.29) is 13.5 Å². The summed E-state index contributed by atoms with van der Waals surface area (Å²) in [6.07, 6.45) is 9.46. The molecule has 34 heavy (non-hydrogen) atoms. The Bertz CT molecular complexity index is 891. The van der Waals surface area contributed by atoms with E-state index in [4.69, 9.17) is 19.4 Å². The summed E-state index contributed by atoms with van der Waals surface area (Å²) >= 11 is 0. The second-order valence-electron chi connectivity index (χ2n) is 7.27. The molecule has 0 fully saturated rings. The van der Waals surface area contributed by atoms with Crippen molar-refractivity contribution < 1.29 is 19.1 Å². The lowest BCUT2D eigenvalue weighted by molar-refractivity contribution is -0.104. The van der Waals surface area contributed by atoms with Gasteiger partial charge in [-0.3, -0.25) is 14.5 Å². The molecule has 0 bridgehead atoms. The predicted octanol–water partition coefficient (Wildman–Crippen LogP) is 3.43. The summed E-state index contributed by atoms with van der Waals surface area (Å²) in [5, 5.41) is 0. The third kappa shape index (κ3) is 9.21. The average molecular weight is 468 g/mol. The third-order valence-electron chi connectivity index (χ3n) is 4.48. The molecule has 2 aromatic rings. The number of ether oxygens (including phenoxy) is 2. The van der Waals surface area contributed by atoms with Crippen molar-refractivity contribution in [2.45, 2.75) is 26.7 Å². The maximum Gasteiger partial charge on any atom is 0.234 e. The van der Waals surface area contributed by atoms with Crippen LogP contribution < -0.4 is 9.80 Å². The number of rotatable bonds is 17. The first-order valence-corrected chi connectivity index (χ1v) is 11.4. The number of hydrogen-bond acceptors (Lipinski definition) is 9. The zero-order valence-electron chi connectivity index (χ0n) is 19.9. The van der Waals surface area contributed by atoms with Gasteiger partial charge in [0.1, 0.15) is 26.0 Å².